The first-order chi connectivity index (χ1) is 20.6. The van der Waals surface area contributed by atoms with Crippen LogP contribution in [0.25, 0.3) is 21.9 Å². The smallest absolute Gasteiger partial charge is 0.343 e. The molecule has 0 saturated carbocycles. The van der Waals surface area contributed by atoms with Gasteiger partial charge in [0.15, 0.2) is 10.9 Å². The Hall–Kier alpha value is -5.64. The lowest BCUT2D eigenvalue weighted by molar-refractivity contribution is 0.408. The Kier molecular flexibility index (Phi) is 6.81. The van der Waals surface area contributed by atoms with Gasteiger partial charge < -0.3 is 27.9 Å². The van der Waals surface area contributed by atoms with Crippen LogP contribution in [0.5, 0.6) is 11.5 Å². The summed E-state index contributed by atoms with van der Waals surface area (Å²) in [6.07, 6.45) is -0.429. The summed E-state index contributed by atoms with van der Waals surface area (Å²) < 4.78 is 22.1. The van der Waals surface area contributed by atoms with Crippen LogP contribution in [0.4, 0.5) is 0 Å². The number of hydrogen-bond donors (Lipinski definition) is 2. The quantitative estimate of drug-likeness (QED) is 0.285. The molecule has 6 rings (SSSR count). The molecule has 4 aromatic heterocycles. The molecule has 6 aromatic rings. The van der Waals surface area contributed by atoms with Crippen LogP contribution in [0.3, 0.4) is 0 Å². The number of fused-ring (bicyclic) bond motifs is 2. The van der Waals surface area contributed by atoms with Crippen LogP contribution in [-0.4, -0.2) is 10.2 Å². The maximum absolute atomic E-state index is 12.9. The lowest BCUT2D eigenvalue weighted by atomic mass is 10.0. The van der Waals surface area contributed by atoms with E-state index in [0.717, 1.165) is 0 Å². The van der Waals surface area contributed by atoms with Gasteiger partial charge in [-0.15, -0.1) is 0 Å². The van der Waals surface area contributed by atoms with Crippen LogP contribution in [0, 0.1) is 13.8 Å². The van der Waals surface area contributed by atoms with Crippen molar-refractivity contribution in [2.45, 2.75) is 33.1 Å². The van der Waals surface area contributed by atoms with E-state index in [-0.39, 0.29) is 46.3 Å². The summed E-state index contributed by atoms with van der Waals surface area (Å²) in [6.45, 7) is 3.34. The van der Waals surface area contributed by atoms with E-state index in [2.05, 4.69) is 0 Å². The van der Waals surface area contributed by atoms with Gasteiger partial charge in [-0.2, -0.15) is 0 Å². The number of aryl methyl sites for hydroxylation is 2. The lowest BCUT2D eigenvalue weighted by Gasteiger charge is -2.09. The Morgan fingerprint density at radius 2 is 0.977 bits per heavy atom. The first-order valence-corrected chi connectivity index (χ1v) is 13.3. The van der Waals surface area contributed by atoms with Gasteiger partial charge in [-0.25, -0.2) is 9.59 Å². The van der Waals surface area contributed by atoms with Crippen LogP contribution in [0.1, 0.15) is 45.3 Å². The fourth-order valence-corrected chi connectivity index (χ4v) is 5.26. The number of aromatic hydroxyl groups is 2. The van der Waals surface area contributed by atoms with Gasteiger partial charge in [0.2, 0.25) is 0 Å². The van der Waals surface area contributed by atoms with E-state index in [4.69, 9.17) is 17.7 Å². The second kappa shape index (κ2) is 10.6. The van der Waals surface area contributed by atoms with Crippen LogP contribution >= 0.6 is 0 Å². The lowest BCUT2D eigenvalue weighted by Crippen LogP contribution is -2.16. The Morgan fingerprint density at radius 1 is 0.558 bits per heavy atom. The zero-order valence-electron chi connectivity index (χ0n) is 23.1. The molecule has 0 aliphatic rings. The monoisotopic (exact) mass is 580 g/mol. The molecule has 0 radical (unpaired) electrons. The van der Waals surface area contributed by atoms with Gasteiger partial charge in [-0.3, -0.25) is 9.59 Å². The van der Waals surface area contributed by atoms with E-state index in [1.165, 1.54) is 24.3 Å². The zero-order valence-corrected chi connectivity index (χ0v) is 23.1. The molecule has 0 spiro atoms. The Labute approximate surface area is 241 Å². The molecular formula is C33H24O10. The van der Waals surface area contributed by atoms with Crippen molar-refractivity contribution in [3.63, 3.8) is 0 Å². The molecule has 0 aliphatic heterocycles. The fourth-order valence-electron chi connectivity index (χ4n) is 5.26. The Morgan fingerprint density at radius 3 is 1.37 bits per heavy atom. The van der Waals surface area contributed by atoms with E-state index in [1.54, 1.807) is 50.2 Å². The summed E-state index contributed by atoms with van der Waals surface area (Å²) >= 11 is 0. The third-order valence-corrected chi connectivity index (χ3v) is 7.17. The molecule has 0 unspecified atom stereocenters. The van der Waals surface area contributed by atoms with Gasteiger partial charge in [0.25, 0.3) is 0 Å². The Bertz CT molecular complexity index is 2140. The third kappa shape index (κ3) is 5.26. The van der Waals surface area contributed by atoms with Crippen LogP contribution < -0.4 is 22.1 Å². The van der Waals surface area contributed by atoms with E-state index in [0.29, 0.717) is 44.6 Å². The summed E-state index contributed by atoms with van der Waals surface area (Å²) in [7, 11) is 0. The molecule has 0 atom stereocenters. The molecule has 10 heteroatoms. The molecule has 216 valence electrons. The summed E-state index contributed by atoms with van der Waals surface area (Å²) in [6, 6.07) is 15.3. The number of rotatable bonds is 6. The second-order valence-corrected chi connectivity index (χ2v) is 10.3. The molecule has 0 aliphatic carbocycles. The van der Waals surface area contributed by atoms with Crippen molar-refractivity contribution in [2.24, 2.45) is 0 Å². The van der Waals surface area contributed by atoms with Crippen molar-refractivity contribution < 1.29 is 27.9 Å². The Balaban J connectivity index is 1.29. The topological polar surface area (TPSA) is 161 Å². The van der Waals surface area contributed by atoms with Gasteiger partial charge in [-0.05, 0) is 37.1 Å². The summed E-state index contributed by atoms with van der Waals surface area (Å²) in [5.41, 5.74) is -1.000. The molecular weight excluding hydrogens is 556 g/mol. The molecule has 2 aromatic carbocycles. The molecule has 0 saturated heterocycles. The first-order valence-electron chi connectivity index (χ1n) is 13.3. The summed E-state index contributed by atoms with van der Waals surface area (Å²) in [4.78, 5) is 51.0. The fraction of sp³-hybridized carbons (Fsp3) is 0.152. The molecule has 0 fully saturated rings. The molecule has 43 heavy (non-hydrogen) atoms. The average molecular weight is 581 g/mol. The normalized spacial score (nSPS) is 11.4. The van der Waals surface area contributed by atoms with E-state index >= 15 is 0 Å². The minimum absolute atomic E-state index is 0.0163. The first kappa shape index (κ1) is 27.5. The third-order valence-electron chi connectivity index (χ3n) is 7.17. The van der Waals surface area contributed by atoms with Gasteiger partial charge in [0, 0.05) is 43.5 Å². The predicted molar refractivity (Wildman–Crippen MR) is 156 cm³/mol. The van der Waals surface area contributed by atoms with E-state index in [9.17, 15) is 29.4 Å². The molecule has 4 heterocycles. The maximum Gasteiger partial charge on any atom is 0.343 e. The minimum Gasteiger partial charge on any atom is -0.507 e. The highest BCUT2D eigenvalue weighted by atomic mass is 16.4. The number of hydrogen-bond acceptors (Lipinski definition) is 10. The second-order valence-electron chi connectivity index (χ2n) is 10.3. The molecule has 0 amide bonds. The number of benzene rings is 2. The molecule has 10 nitrogen and oxygen atoms in total. The summed E-state index contributed by atoms with van der Waals surface area (Å²) in [5.74, 6) is 0.186. The van der Waals surface area contributed by atoms with Gasteiger partial charge in [0.1, 0.15) is 45.7 Å². The average Bonchev–Trinajstić information content (AvgIpc) is 2.91. The van der Waals surface area contributed by atoms with Crippen molar-refractivity contribution in [2.75, 3.05) is 0 Å². The zero-order chi connectivity index (χ0) is 30.4. The molecule has 2 N–H and O–H groups in total. The molecule has 0 bridgehead atoms. The predicted octanol–water partition coefficient (Wildman–Crippen LogP) is 4.61. The van der Waals surface area contributed by atoms with Crippen molar-refractivity contribution in [1.82, 2.24) is 0 Å². The van der Waals surface area contributed by atoms with Crippen molar-refractivity contribution in [1.29, 1.82) is 0 Å². The van der Waals surface area contributed by atoms with Gasteiger partial charge >= 0.3 is 11.3 Å². The standard InChI is InChI=1S/C33H24O10/c1-16-9-26(36)30-18(5-3-7-28(30)40-16)11-20-13-24(34)22(32(38)42-20)15-23-25(35)14-21(43-33(23)39)12-19-6-4-8-29-31(19)27(37)10-17(2)41-29/h3-10,13-14,34-35H,11-12,15H2,1-2H3. The SMILES string of the molecule is Cc1cc(=O)c2c(Cc3cc(O)c(Cc4c(O)cc(Cc5cccc6oc(C)cc(=O)c56)oc4=O)c(=O)o3)cccc2o1. The van der Waals surface area contributed by atoms with E-state index in [1.807, 2.05) is 0 Å². The largest absolute Gasteiger partial charge is 0.507 e. The van der Waals surface area contributed by atoms with Crippen LogP contribution in [0.2, 0.25) is 0 Å². The van der Waals surface area contributed by atoms with Gasteiger partial charge in [-0.1, -0.05) is 24.3 Å². The highest BCUT2D eigenvalue weighted by molar-refractivity contribution is 5.81. The van der Waals surface area contributed by atoms with Crippen LogP contribution in [0.15, 0.2) is 97.5 Å². The maximum atomic E-state index is 12.9. The van der Waals surface area contributed by atoms with Gasteiger partial charge in [0.05, 0.1) is 21.9 Å². The summed E-state index contributed by atoms with van der Waals surface area (Å²) in [5, 5.41) is 22.1. The highest BCUT2D eigenvalue weighted by Crippen LogP contribution is 2.26. The van der Waals surface area contributed by atoms with E-state index < -0.39 is 29.2 Å². The highest BCUT2D eigenvalue weighted by Gasteiger charge is 2.20. The van der Waals surface area contributed by atoms with Crippen LogP contribution in [-0.2, 0) is 19.3 Å². The van der Waals surface area contributed by atoms with Crippen molar-refractivity contribution in [3.05, 3.63) is 147 Å². The minimum atomic E-state index is -0.918. The van der Waals surface area contributed by atoms with Crippen molar-refractivity contribution >= 4 is 21.9 Å². The van der Waals surface area contributed by atoms with Crippen molar-refractivity contribution in [3.8, 4) is 11.5 Å².